The van der Waals surface area contributed by atoms with Gasteiger partial charge < -0.3 is 10.2 Å². The van der Waals surface area contributed by atoms with Gasteiger partial charge in [-0.3, -0.25) is 0 Å². The van der Waals surface area contributed by atoms with Crippen molar-refractivity contribution in [1.82, 2.24) is 14.9 Å². The molecule has 0 unspecified atom stereocenters. The Bertz CT molecular complexity index is 589. The van der Waals surface area contributed by atoms with Crippen LogP contribution in [0.5, 0.6) is 0 Å². The molecule has 18 heavy (non-hydrogen) atoms. The zero-order valence-electron chi connectivity index (χ0n) is 10.8. The zero-order chi connectivity index (χ0) is 12.7. The summed E-state index contributed by atoms with van der Waals surface area (Å²) in [6, 6.07) is 2.28. The summed E-state index contributed by atoms with van der Waals surface area (Å²) in [5.74, 6) is 0.696. The molecule has 0 fully saturated rings. The number of nitrogens with one attached hydrogen (secondary N) is 1. The zero-order valence-corrected chi connectivity index (χ0v) is 11.6. The first-order valence-corrected chi connectivity index (χ1v) is 6.79. The van der Waals surface area contributed by atoms with Gasteiger partial charge in [0.1, 0.15) is 0 Å². The van der Waals surface area contributed by atoms with Crippen LogP contribution in [0, 0.1) is 0 Å². The van der Waals surface area contributed by atoms with Gasteiger partial charge in [-0.15, -0.1) is 11.3 Å². The number of rotatable bonds is 3. The maximum Gasteiger partial charge on any atom is 0.222 e. The van der Waals surface area contributed by atoms with Crippen LogP contribution in [0.1, 0.15) is 15.3 Å². The molecule has 0 amide bonds. The molecule has 94 valence electrons. The van der Waals surface area contributed by atoms with Crippen LogP contribution in [0.2, 0.25) is 0 Å². The highest BCUT2D eigenvalue weighted by Gasteiger charge is 2.23. The topological polar surface area (TPSA) is 41.1 Å². The van der Waals surface area contributed by atoms with Crippen molar-refractivity contribution in [2.75, 3.05) is 26.5 Å². The lowest BCUT2D eigenvalue weighted by atomic mass is 10.2. The highest BCUT2D eigenvalue weighted by atomic mass is 32.1. The summed E-state index contributed by atoms with van der Waals surface area (Å²) >= 11 is 1.89. The van der Waals surface area contributed by atoms with E-state index in [2.05, 4.69) is 40.3 Å². The van der Waals surface area contributed by atoms with Gasteiger partial charge in [0.05, 0.1) is 5.69 Å². The Kier molecular flexibility index (Phi) is 2.80. The highest BCUT2D eigenvalue weighted by molar-refractivity contribution is 7.12. The molecule has 0 radical (unpaired) electrons. The molecule has 2 aromatic heterocycles. The monoisotopic (exact) mass is 260 g/mol. The summed E-state index contributed by atoms with van der Waals surface area (Å²) in [5.41, 5.74) is 3.64. The molecule has 1 aliphatic carbocycles. The molecule has 5 heteroatoms. The Morgan fingerprint density at radius 3 is 3.00 bits per heavy atom. The minimum atomic E-state index is 0.696. The van der Waals surface area contributed by atoms with E-state index in [-0.39, 0.29) is 0 Å². The molecule has 0 atom stereocenters. The molecule has 1 N–H and O–H groups in total. The molecule has 4 nitrogen and oxygen atoms in total. The maximum atomic E-state index is 4.58. The predicted octanol–water partition coefficient (Wildman–Crippen LogP) is 2.21. The first-order valence-electron chi connectivity index (χ1n) is 5.97. The Labute approximate surface area is 111 Å². The van der Waals surface area contributed by atoms with Gasteiger partial charge in [0.15, 0.2) is 0 Å². The number of thiophene rings is 1. The number of anilines is 1. The number of hydrogen-bond acceptors (Lipinski definition) is 5. The molecule has 3 rings (SSSR count). The Morgan fingerprint density at radius 2 is 2.28 bits per heavy atom. The summed E-state index contributed by atoms with van der Waals surface area (Å²) in [5, 5.41) is 3.00. The van der Waals surface area contributed by atoms with Crippen molar-refractivity contribution in [3.05, 3.63) is 27.6 Å². The van der Waals surface area contributed by atoms with E-state index in [0.717, 1.165) is 18.7 Å². The van der Waals surface area contributed by atoms with E-state index in [1.807, 2.05) is 24.6 Å². The fourth-order valence-electron chi connectivity index (χ4n) is 2.27. The molecule has 1 aliphatic rings. The molecule has 0 spiro atoms. The van der Waals surface area contributed by atoms with Crippen molar-refractivity contribution in [2.45, 2.75) is 13.0 Å². The number of hydrogen-bond donors (Lipinski definition) is 1. The van der Waals surface area contributed by atoms with Gasteiger partial charge in [0, 0.05) is 47.1 Å². The average molecular weight is 260 g/mol. The normalized spacial score (nSPS) is 12.7. The lowest BCUT2D eigenvalue weighted by Crippen LogP contribution is -2.09. The van der Waals surface area contributed by atoms with E-state index in [9.17, 15) is 0 Å². The third kappa shape index (κ3) is 1.89. The van der Waals surface area contributed by atoms with Crippen molar-refractivity contribution in [1.29, 1.82) is 0 Å². The Hall–Kier alpha value is -1.46. The van der Waals surface area contributed by atoms with E-state index in [1.165, 1.54) is 20.9 Å². The molecule has 0 saturated heterocycles. The lowest BCUT2D eigenvalue weighted by Gasteiger charge is -2.06. The molecule has 0 bridgehead atoms. The second-order valence-corrected chi connectivity index (χ2v) is 6.00. The standard InChI is InChI=1S/C13H16N4S/c1-14-13-15-6-8-4-11-10(12(8)16-13)5-9(18-11)7-17(2)3/h5-6H,4,7H2,1-3H3,(H,14,15,16). The molecule has 2 aromatic rings. The fourth-order valence-corrected chi connectivity index (χ4v) is 3.58. The van der Waals surface area contributed by atoms with E-state index >= 15 is 0 Å². The number of fused-ring (bicyclic) bond motifs is 3. The smallest absolute Gasteiger partial charge is 0.222 e. The van der Waals surface area contributed by atoms with Crippen LogP contribution >= 0.6 is 11.3 Å². The van der Waals surface area contributed by atoms with Gasteiger partial charge in [0.25, 0.3) is 0 Å². The summed E-state index contributed by atoms with van der Waals surface area (Å²) in [6.45, 7) is 0.997. The molecule has 0 saturated carbocycles. The molecular weight excluding hydrogens is 244 g/mol. The molecule has 0 aromatic carbocycles. The minimum absolute atomic E-state index is 0.696. The molecule has 0 aliphatic heterocycles. The van der Waals surface area contributed by atoms with Gasteiger partial charge in [-0.2, -0.15) is 0 Å². The van der Waals surface area contributed by atoms with Gasteiger partial charge in [-0.25, -0.2) is 9.97 Å². The van der Waals surface area contributed by atoms with Crippen LogP contribution in [0.4, 0.5) is 5.95 Å². The number of aromatic nitrogens is 2. The largest absolute Gasteiger partial charge is 0.357 e. The third-order valence-corrected chi connectivity index (χ3v) is 4.15. The number of nitrogens with zero attached hydrogens (tertiary/aromatic N) is 3. The van der Waals surface area contributed by atoms with Crippen LogP contribution in [-0.2, 0) is 13.0 Å². The van der Waals surface area contributed by atoms with Gasteiger partial charge in [0.2, 0.25) is 5.95 Å². The molecule has 2 heterocycles. The quantitative estimate of drug-likeness (QED) is 0.784. The van der Waals surface area contributed by atoms with Crippen molar-refractivity contribution in [3.63, 3.8) is 0 Å². The second kappa shape index (κ2) is 4.33. The summed E-state index contributed by atoms with van der Waals surface area (Å²) in [6.07, 6.45) is 2.92. The first-order chi connectivity index (χ1) is 8.67. The van der Waals surface area contributed by atoms with Crippen molar-refractivity contribution in [3.8, 4) is 11.3 Å². The minimum Gasteiger partial charge on any atom is -0.357 e. The van der Waals surface area contributed by atoms with Crippen molar-refractivity contribution in [2.24, 2.45) is 0 Å². The van der Waals surface area contributed by atoms with Gasteiger partial charge >= 0.3 is 0 Å². The van der Waals surface area contributed by atoms with Crippen LogP contribution in [-0.4, -0.2) is 36.0 Å². The van der Waals surface area contributed by atoms with Crippen LogP contribution in [0.25, 0.3) is 11.3 Å². The van der Waals surface area contributed by atoms with E-state index in [0.29, 0.717) is 5.95 Å². The third-order valence-electron chi connectivity index (χ3n) is 3.03. The van der Waals surface area contributed by atoms with E-state index in [4.69, 9.17) is 0 Å². The van der Waals surface area contributed by atoms with Gasteiger partial charge in [-0.1, -0.05) is 0 Å². The average Bonchev–Trinajstić information content (AvgIpc) is 2.84. The highest BCUT2D eigenvalue weighted by Crippen LogP contribution is 2.40. The van der Waals surface area contributed by atoms with Crippen LogP contribution in [0.3, 0.4) is 0 Å². The predicted molar refractivity (Wildman–Crippen MR) is 75.1 cm³/mol. The van der Waals surface area contributed by atoms with Crippen LogP contribution in [0.15, 0.2) is 12.3 Å². The summed E-state index contributed by atoms with van der Waals surface area (Å²) in [4.78, 5) is 13.9. The van der Waals surface area contributed by atoms with E-state index < -0.39 is 0 Å². The Morgan fingerprint density at radius 1 is 1.44 bits per heavy atom. The summed E-state index contributed by atoms with van der Waals surface area (Å²) < 4.78 is 0. The van der Waals surface area contributed by atoms with E-state index in [1.54, 1.807) is 0 Å². The SMILES string of the molecule is CNc1ncc2c(n1)-c1cc(CN(C)C)sc1C2. The lowest BCUT2D eigenvalue weighted by molar-refractivity contribution is 0.406. The summed E-state index contributed by atoms with van der Waals surface area (Å²) in [7, 11) is 6.04. The second-order valence-electron chi connectivity index (χ2n) is 4.78. The molecular formula is C13H16N4S. The van der Waals surface area contributed by atoms with Crippen molar-refractivity contribution < 1.29 is 0 Å². The fraction of sp³-hybridized carbons (Fsp3) is 0.385. The first kappa shape index (κ1) is 11.6. The van der Waals surface area contributed by atoms with Crippen molar-refractivity contribution >= 4 is 17.3 Å². The van der Waals surface area contributed by atoms with Crippen LogP contribution < -0.4 is 5.32 Å². The maximum absolute atomic E-state index is 4.58. The Balaban J connectivity index is 2.00. The van der Waals surface area contributed by atoms with Gasteiger partial charge in [-0.05, 0) is 20.2 Å².